The van der Waals surface area contributed by atoms with Crippen molar-refractivity contribution in [1.29, 1.82) is 0 Å². The van der Waals surface area contributed by atoms with Crippen molar-refractivity contribution >= 4 is 5.91 Å². The van der Waals surface area contributed by atoms with Gasteiger partial charge in [-0.3, -0.25) is 4.79 Å². The summed E-state index contributed by atoms with van der Waals surface area (Å²) in [6.45, 7) is 3.77. The van der Waals surface area contributed by atoms with Crippen molar-refractivity contribution < 1.29 is 39.8 Å². The molecule has 0 aromatic rings. The van der Waals surface area contributed by atoms with Crippen LogP contribution in [0.2, 0.25) is 0 Å². The van der Waals surface area contributed by atoms with Gasteiger partial charge in [0.15, 0.2) is 6.29 Å². The number of carbonyl (C=O) groups is 1. The molecule has 1 heterocycles. The first kappa shape index (κ1) is 56.7. The third kappa shape index (κ3) is 31.5. The van der Waals surface area contributed by atoms with Crippen LogP contribution in [-0.2, 0) is 14.3 Å². The zero-order valence-corrected chi connectivity index (χ0v) is 39.0. The minimum absolute atomic E-state index is 0.185. The highest BCUT2D eigenvalue weighted by Gasteiger charge is 2.44. The number of hydrogen-bond donors (Lipinski definition) is 6. The SMILES string of the molecule is CCCCCCCCCCCCCCCCCCCC/C=C/CC/C=C/C(O)C(COC1OC(CO)C(O)C(O)C1O)NC(=O)CCCCCCCCCCCCCCC. The summed E-state index contributed by atoms with van der Waals surface area (Å²) in [5.74, 6) is -0.185. The molecule has 0 spiro atoms. The van der Waals surface area contributed by atoms with Gasteiger partial charge in [-0.05, 0) is 32.1 Å². The number of hydrogen-bond acceptors (Lipinski definition) is 8. The lowest BCUT2D eigenvalue weighted by Gasteiger charge is -2.40. The standard InChI is InChI=1S/C51H97NO8/c1-3-5-7-9-11-13-15-17-18-19-20-21-22-23-24-25-26-27-29-30-32-34-36-38-40-45(54)44(43-59-51-50(58)49(57)48(56)46(42-53)60-51)52-47(55)41-39-37-35-33-31-28-16-14-12-10-8-6-4-2/h30,32,38,40,44-46,48-51,53-54,56-58H,3-29,31,33-37,39,41-43H2,1-2H3,(H,52,55)/b32-30+,40-38+. The predicted octanol–water partition coefficient (Wildman–Crippen LogP) is 11.5. The summed E-state index contributed by atoms with van der Waals surface area (Å²) >= 11 is 0. The monoisotopic (exact) mass is 852 g/mol. The highest BCUT2D eigenvalue weighted by molar-refractivity contribution is 5.76. The van der Waals surface area contributed by atoms with Gasteiger partial charge in [-0.15, -0.1) is 0 Å². The number of allylic oxidation sites excluding steroid dienone is 3. The fourth-order valence-corrected chi connectivity index (χ4v) is 8.17. The Kier molecular flexibility index (Phi) is 39.4. The van der Waals surface area contributed by atoms with E-state index in [4.69, 9.17) is 9.47 Å². The molecule has 7 atom stereocenters. The van der Waals surface area contributed by atoms with Gasteiger partial charge in [0.1, 0.15) is 24.4 Å². The Morgan fingerprint density at radius 1 is 0.550 bits per heavy atom. The van der Waals surface area contributed by atoms with Crippen molar-refractivity contribution in [2.45, 2.75) is 281 Å². The van der Waals surface area contributed by atoms with Crippen molar-refractivity contribution in [3.63, 3.8) is 0 Å². The molecule has 1 aliphatic rings. The average molecular weight is 852 g/mol. The second-order valence-corrected chi connectivity index (χ2v) is 18.0. The summed E-state index contributed by atoms with van der Waals surface area (Å²) in [6.07, 6.45) is 43.8. The van der Waals surface area contributed by atoms with Crippen LogP contribution in [-0.4, -0.2) is 87.5 Å². The van der Waals surface area contributed by atoms with Crippen LogP contribution in [0.1, 0.15) is 239 Å². The van der Waals surface area contributed by atoms with E-state index in [1.807, 2.05) is 6.08 Å². The van der Waals surface area contributed by atoms with Crippen molar-refractivity contribution in [3.05, 3.63) is 24.3 Å². The van der Waals surface area contributed by atoms with E-state index in [-0.39, 0.29) is 12.5 Å². The largest absolute Gasteiger partial charge is 0.394 e. The topological polar surface area (TPSA) is 149 Å². The van der Waals surface area contributed by atoms with Gasteiger partial charge in [-0.1, -0.05) is 224 Å². The van der Waals surface area contributed by atoms with Crippen molar-refractivity contribution in [1.82, 2.24) is 5.32 Å². The van der Waals surface area contributed by atoms with Gasteiger partial charge in [-0.2, -0.15) is 0 Å². The van der Waals surface area contributed by atoms with Crippen LogP contribution < -0.4 is 5.32 Å². The average Bonchev–Trinajstić information content (AvgIpc) is 3.25. The Morgan fingerprint density at radius 3 is 1.40 bits per heavy atom. The Morgan fingerprint density at radius 2 is 0.950 bits per heavy atom. The Balaban J connectivity index is 2.28. The highest BCUT2D eigenvalue weighted by atomic mass is 16.7. The molecule has 0 aromatic heterocycles. The molecule has 1 rings (SSSR count). The van der Waals surface area contributed by atoms with Crippen molar-refractivity contribution in [2.24, 2.45) is 0 Å². The first-order valence-electron chi connectivity index (χ1n) is 25.6. The maximum Gasteiger partial charge on any atom is 0.220 e. The fourth-order valence-electron chi connectivity index (χ4n) is 8.17. The van der Waals surface area contributed by atoms with Crippen LogP contribution >= 0.6 is 0 Å². The molecule has 0 aromatic carbocycles. The lowest BCUT2D eigenvalue weighted by Crippen LogP contribution is -2.60. The summed E-state index contributed by atoms with van der Waals surface area (Å²) < 4.78 is 11.2. The molecule has 0 radical (unpaired) electrons. The number of amides is 1. The first-order valence-corrected chi connectivity index (χ1v) is 25.6. The van der Waals surface area contributed by atoms with E-state index in [1.54, 1.807) is 6.08 Å². The fraction of sp³-hybridized carbons (Fsp3) is 0.902. The van der Waals surface area contributed by atoms with Crippen LogP contribution in [0.25, 0.3) is 0 Å². The maximum absolute atomic E-state index is 13.0. The number of rotatable bonds is 43. The second kappa shape index (κ2) is 41.7. The van der Waals surface area contributed by atoms with E-state index in [0.29, 0.717) is 6.42 Å². The molecule has 9 heteroatoms. The summed E-state index contributed by atoms with van der Waals surface area (Å²) in [7, 11) is 0. The Hall–Kier alpha value is -1.33. The molecule has 1 amide bonds. The van der Waals surface area contributed by atoms with Crippen molar-refractivity contribution in [3.8, 4) is 0 Å². The molecular formula is C51H97NO8. The van der Waals surface area contributed by atoms with Gasteiger partial charge in [0.05, 0.1) is 25.4 Å². The number of unbranched alkanes of at least 4 members (excludes halogenated alkanes) is 31. The lowest BCUT2D eigenvalue weighted by atomic mass is 9.99. The molecule has 354 valence electrons. The lowest BCUT2D eigenvalue weighted by molar-refractivity contribution is -0.302. The quantitative estimate of drug-likeness (QED) is 0.0262. The van der Waals surface area contributed by atoms with Crippen molar-refractivity contribution in [2.75, 3.05) is 13.2 Å². The molecule has 1 fully saturated rings. The summed E-state index contributed by atoms with van der Waals surface area (Å²) in [5, 5.41) is 54.3. The van der Waals surface area contributed by atoms with Gasteiger partial charge in [0.2, 0.25) is 5.91 Å². The molecule has 1 aliphatic heterocycles. The second-order valence-electron chi connectivity index (χ2n) is 18.0. The van der Waals surface area contributed by atoms with E-state index in [2.05, 4.69) is 31.3 Å². The minimum atomic E-state index is -1.57. The number of aliphatic hydroxyl groups is 5. The van der Waals surface area contributed by atoms with E-state index in [1.165, 1.54) is 180 Å². The molecular weight excluding hydrogens is 755 g/mol. The first-order chi connectivity index (χ1) is 29.3. The van der Waals surface area contributed by atoms with E-state index in [0.717, 1.165) is 38.5 Å². The molecule has 7 unspecified atom stereocenters. The smallest absolute Gasteiger partial charge is 0.220 e. The number of carbonyl (C=O) groups excluding carboxylic acids is 1. The third-order valence-corrected chi connectivity index (χ3v) is 12.3. The number of nitrogens with one attached hydrogen (secondary N) is 1. The van der Waals surface area contributed by atoms with E-state index in [9.17, 15) is 30.3 Å². The maximum atomic E-state index is 13.0. The van der Waals surface area contributed by atoms with Crippen LogP contribution in [0.15, 0.2) is 24.3 Å². The third-order valence-electron chi connectivity index (χ3n) is 12.3. The van der Waals surface area contributed by atoms with Crippen LogP contribution in [0.3, 0.4) is 0 Å². The molecule has 1 saturated heterocycles. The van der Waals surface area contributed by atoms with E-state index >= 15 is 0 Å². The van der Waals surface area contributed by atoms with Gasteiger partial charge in [-0.25, -0.2) is 0 Å². The molecule has 6 N–H and O–H groups in total. The summed E-state index contributed by atoms with van der Waals surface area (Å²) in [5.41, 5.74) is 0. The van der Waals surface area contributed by atoms with Crippen LogP contribution in [0.4, 0.5) is 0 Å². The van der Waals surface area contributed by atoms with Gasteiger partial charge < -0.3 is 40.3 Å². The van der Waals surface area contributed by atoms with Crippen LogP contribution in [0.5, 0.6) is 0 Å². The summed E-state index contributed by atoms with van der Waals surface area (Å²) in [4.78, 5) is 13.0. The van der Waals surface area contributed by atoms with Gasteiger partial charge in [0, 0.05) is 6.42 Å². The van der Waals surface area contributed by atoms with Gasteiger partial charge >= 0.3 is 0 Å². The molecule has 0 saturated carbocycles. The molecule has 60 heavy (non-hydrogen) atoms. The summed E-state index contributed by atoms with van der Waals surface area (Å²) in [6, 6.07) is -0.817. The molecule has 0 aliphatic carbocycles. The number of aliphatic hydroxyl groups excluding tert-OH is 5. The zero-order chi connectivity index (χ0) is 43.7. The molecule has 0 bridgehead atoms. The van der Waals surface area contributed by atoms with E-state index < -0.39 is 49.5 Å². The predicted molar refractivity (Wildman–Crippen MR) is 249 cm³/mol. The number of ether oxygens (including phenoxy) is 2. The Bertz CT molecular complexity index is 992. The van der Waals surface area contributed by atoms with Crippen LogP contribution in [0, 0.1) is 0 Å². The highest BCUT2D eigenvalue weighted by Crippen LogP contribution is 2.23. The Labute approximate surface area is 369 Å². The zero-order valence-electron chi connectivity index (χ0n) is 39.0. The molecule has 9 nitrogen and oxygen atoms in total. The van der Waals surface area contributed by atoms with Gasteiger partial charge in [0.25, 0.3) is 0 Å². The normalized spacial score (nSPS) is 20.7. The minimum Gasteiger partial charge on any atom is -0.394 e.